The van der Waals surface area contributed by atoms with Crippen LogP contribution in [0.2, 0.25) is 0 Å². The quantitative estimate of drug-likeness (QED) is 0.923. The van der Waals surface area contributed by atoms with Crippen molar-refractivity contribution >= 4 is 0 Å². The first kappa shape index (κ1) is 14.1. The predicted octanol–water partition coefficient (Wildman–Crippen LogP) is 2.81. The smallest absolute Gasteiger partial charge is 0.125 e. The highest BCUT2D eigenvalue weighted by molar-refractivity contribution is 5.03. The van der Waals surface area contributed by atoms with E-state index in [1.807, 2.05) is 12.4 Å². The molecule has 20 heavy (non-hydrogen) atoms. The van der Waals surface area contributed by atoms with Gasteiger partial charge in [0.25, 0.3) is 0 Å². The highest BCUT2D eigenvalue weighted by atomic mass is 16.5. The van der Waals surface area contributed by atoms with Crippen molar-refractivity contribution in [3.63, 3.8) is 0 Å². The molecule has 0 radical (unpaired) electrons. The van der Waals surface area contributed by atoms with Gasteiger partial charge in [-0.3, -0.25) is 0 Å². The van der Waals surface area contributed by atoms with E-state index in [1.165, 1.54) is 38.5 Å². The molecule has 2 heterocycles. The molecule has 1 N–H and O–H groups in total. The van der Waals surface area contributed by atoms with Crippen LogP contribution in [-0.4, -0.2) is 28.8 Å². The number of ether oxygens (including phenoxy) is 1. The molecular formula is C16H27N3O. The van der Waals surface area contributed by atoms with Gasteiger partial charge in [0, 0.05) is 26.0 Å². The average molecular weight is 277 g/mol. The summed E-state index contributed by atoms with van der Waals surface area (Å²) in [6, 6.07) is 0.345. The highest BCUT2D eigenvalue weighted by Gasteiger charge is 2.41. The van der Waals surface area contributed by atoms with Gasteiger partial charge in [0.1, 0.15) is 5.82 Å². The Labute approximate surface area is 121 Å². The molecule has 1 aromatic heterocycles. The largest absolute Gasteiger partial charge is 0.375 e. The van der Waals surface area contributed by atoms with Crippen LogP contribution in [0, 0.1) is 5.92 Å². The van der Waals surface area contributed by atoms with Crippen LogP contribution in [0.15, 0.2) is 12.4 Å². The molecule has 112 valence electrons. The molecule has 0 aromatic carbocycles. The Bertz CT molecular complexity index is 431. The van der Waals surface area contributed by atoms with E-state index in [4.69, 9.17) is 4.74 Å². The number of rotatable bonds is 3. The first-order chi connectivity index (χ1) is 9.74. The van der Waals surface area contributed by atoms with Crippen molar-refractivity contribution < 1.29 is 4.74 Å². The summed E-state index contributed by atoms with van der Waals surface area (Å²) in [6.07, 6.45) is 12.8. The summed E-state index contributed by atoms with van der Waals surface area (Å²) >= 11 is 0. The Morgan fingerprint density at radius 3 is 2.85 bits per heavy atom. The lowest BCUT2D eigenvalue weighted by Gasteiger charge is -2.45. The van der Waals surface area contributed by atoms with Crippen LogP contribution in [0.5, 0.6) is 0 Å². The second kappa shape index (κ2) is 5.86. The molecule has 4 heteroatoms. The molecular weight excluding hydrogens is 250 g/mol. The Hall–Kier alpha value is -0.870. The second-order valence-corrected chi connectivity index (χ2v) is 6.51. The lowest BCUT2D eigenvalue weighted by molar-refractivity contribution is -0.122. The zero-order valence-corrected chi connectivity index (χ0v) is 12.8. The predicted molar refractivity (Wildman–Crippen MR) is 79.5 cm³/mol. The van der Waals surface area contributed by atoms with E-state index in [1.54, 1.807) is 0 Å². The van der Waals surface area contributed by atoms with Gasteiger partial charge < -0.3 is 14.6 Å². The first-order valence-electron chi connectivity index (χ1n) is 8.02. The minimum atomic E-state index is 0.168. The minimum Gasteiger partial charge on any atom is -0.375 e. The fourth-order valence-corrected chi connectivity index (χ4v) is 4.15. The fourth-order valence-electron chi connectivity index (χ4n) is 4.15. The van der Waals surface area contributed by atoms with E-state index < -0.39 is 0 Å². The van der Waals surface area contributed by atoms with Gasteiger partial charge in [-0.1, -0.05) is 19.3 Å². The summed E-state index contributed by atoms with van der Waals surface area (Å²) in [7, 11) is 4.14. The van der Waals surface area contributed by atoms with Gasteiger partial charge in [0.05, 0.1) is 11.6 Å². The molecule has 0 bridgehead atoms. The van der Waals surface area contributed by atoms with Crippen LogP contribution in [0.1, 0.15) is 56.8 Å². The van der Waals surface area contributed by atoms with Crippen molar-refractivity contribution in [3.8, 4) is 0 Å². The molecule has 4 nitrogen and oxygen atoms in total. The van der Waals surface area contributed by atoms with Crippen molar-refractivity contribution in [2.45, 2.75) is 56.6 Å². The van der Waals surface area contributed by atoms with E-state index >= 15 is 0 Å². The van der Waals surface area contributed by atoms with Crippen molar-refractivity contribution in [2.24, 2.45) is 13.0 Å². The summed E-state index contributed by atoms with van der Waals surface area (Å²) in [4.78, 5) is 4.56. The Morgan fingerprint density at radius 2 is 2.20 bits per heavy atom. The number of imidazole rings is 1. The zero-order chi connectivity index (χ0) is 14.0. The van der Waals surface area contributed by atoms with Gasteiger partial charge in [-0.15, -0.1) is 0 Å². The molecule has 2 aliphatic rings. The van der Waals surface area contributed by atoms with Crippen molar-refractivity contribution in [1.82, 2.24) is 14.9 Å². The zero-order valence-electron chi connectivity index (χ0n) is 12.8. The second-order valence-electron chi connectivity index (χ2n) is 6.51. The van der Waals surface area contributed by atoms with Crippen LogP contribution in [-0.2, 0) is 11.8 Å². The van der Waals surface area contributed by atoms with Gasteiger partial charge in [-0.25, -0.2) is 4.98 Å². The lowest BCUT2D eigenvalue weighted by Crippen LogP contribution is -2.44. The molecule has 1 saturated heterocycles. The monoisotopic (exact) mass is 277 g/mol. The van der Waals surface area contributed by atoms with Gasteiger partial charge in [-0.2, -0.15) is 0 Å². The molecule has 0 amide bonds. The van der Waals surface area contributed by atoms with Gasteiger partial charge in [-0.05, 0) is 38.6 Å². The standard InChI is InChI=1S/C16H27N3O/c1-17-14(15-18-9-10-19(15)2)13-6-11-20-16(12-13)7-4-3-5-8-16/h9-10,13-14,17H,3-8,11-12H2,1-2H3. The van der Waals surface area contributed by atoms with Crippen LogP contribution in [0.4, 0.5) is 0 Å². The summed E-state index contributed by atoms with van der Waals surface area (Å²) in [6.45, 7) is 0.910. The minimum absolute atomic E-state index is 0.168. The maximum atomic E-state index is 6.22. The molecule has 3 rings (SSSR count). The molecule has 1 saturated carbocycles. The average Bonchev–Trinajstić information content (AvgIpc) is 2.87. The summed E-state index contributed by atoms with van der Waals surface area (Å²) in [5.41, 5.74) is 0.168. The number of aromatic nitrogens is 2. The third-order valence-electron chi connectivity index (χ3n) is 5.21. The maximum Gasteiger partial charge on any atom is 0.125 e. The van der Waals surface area contributed by atoms with Crippen LogP contribution < -0.4 is 5.32 Å². The summed E-state index contributed by atoms with van der Waals surface area (Å²) in [5, 5.41) is 3.50. The number of nitrogens with one attached hydrogen (secondary N) is 1. The van der Waals surface area contributed by atoms with Crippen LogP contribution >= 0.6 is 0 Å². The van der Waals surface area contributed by atoms with Crippen molar-refractivity contribution in [2.75, 3.05) is 13.7 Å². The van der Waals surface area contributed by atoms with E-state index in [2.05, 4.69) is 29.0 Å². The Kier molecular flexibility index (Phi) is 4.13. The first-order valence-corrected chi connectivity index (χ1v) is 8.02. The third kappa shape index (κ3) is 2.63. The Morgan fingerprint density at radius 1 is 1.40 bits per heavy atom. The molecule has 1 aliphatic heterocycles. The van der Waals surface area contributed by atoms with E-state index in [-0.39, 0.29) is 5.60 Å². The third-order valence-corrected chi connectivity index (χ3v) is 5.21. The molecule has 1 spiro atoms. The molecule has 2 atom stereocenters. The van der Waals surface area contributed by atoms with Crippen LogP contribution in [0.3, 0.4) is 0 Å². The summed E-state index contributed by atoms with van der Waals surface area (Å²) < 4.78 is 8.37. The van der Waals surface area contributed by atoms with E-state index in [9.17, 15) is 0 Å². The number of hydrogen-bond donors (Lipinski definition) is 1. The highest BCUT2D eigenvalue weighted by Crippen LogP contribution is 2.43. The molecule has 1 aromatic rings. The van der Waals surface area contributed by atoms with Gasteiger partial charge >= 0.3 is 0 Å². The SMILES string of the molecule is CNC(c1nccn1C)C1CCOC2(CCCCC2)C1. The molecule has 1 aliphatic carbocycles. The van der Waals surface area contributed by atoms with Crippen LogP contribution in [0.25, 0.3) is 0 Å². The molecule has 2 fully saturated rings. The van der Waals surface area contributed by atoms with Gasteiger partial charge in [0.2, 0.25) is 0 Å². The van der Waals surface area contributed by atoms with E-state index in [0.717, 1.165) is 18.9 Å². The normalized spacial score (nSPS) is 27.6. The fraction of sp³-hybridized carbons (Fsp3) is 0.812. The Balaban J connectivity index is 1.76. The maximum absolute atomic E-state index is 6.22. The number of hydrogen-bond acceptors (Lipinski definition) is 3. The number of aryl methyl sites for hydroxylation is 1. The summed E-state index contributed by atoms with van der Waals surface area (Å²) in [5.74, 6) is 1.79. The van der Waals surface area contributed by atoms with E-state index in [0.29, 0.717) is 12.0 Å². The number of nitrogens with zero attached hydrogens (tertiary/aromatic N) is 2. The van der Waals surface area contributed by atoms with Crippen molar-refractivity contribution in [3.05, 3.63) is 18.2 Å². The topological polar surface area (TPSA) is 39.1 Å². The van der Waals surface area contributed by atoms with Crippen molar-refractivity contribution in [1.29, 1.82) is 0 Å². The molecule has 2 unspecified atom stereocenters. The van der Waals surface area contributed by atoms with Gasteiger partial charge in [0.15, 0.2) is 0 Å². The lowest BCUT2D eigenvalue weighted by atomic mass is 9.74.